The van der Waals surface area contributed by atoms with Crippen molar-refractivity contribution < 1.29 is 19.1 Å². The molecular formula is C18H26N2O4. The molecule has 24 heavy (non-hydrogen) atoms. The highest BCUT2D eigenvalue weighted by Gasteiger charge is 2.21. The molecule has 6 heteroatoms. The van der Waals surface area contributed by atoms with Gasteiger partial charge in [-0.25, -0.2) is 0 Å². The Morgan fingerprint density at radius 3 is 2.75 bits per heavy atom. The Labute approximate surface area is 143 Å². The molecule has 0 radical (unpaired) electrons. The quantitative estimate of drug-likeness (QED) is 0.827. The van der Waals surface area contributed by atoms with Gasteiger partial charge in [0.15, 0.2) is 11.5 Å². The standard InChI is InChI=1S/C18H26N2O4/c1-14(15-5-6-16-17(13-15)23-12-11-22-16)19(2)18(21)7-9-20-8-3-4-10-24-20/h5-6,13-14H,3-4,7-12H2,1-2H3/t14-/m1/s1. The maximum Gasteiger partial charge on any atom is 0.224 e. The molecule has 0 saturated carbocycles. The number of nitrogens with zero attached hydrogens (tertiary/aromatic N) is 2. The molecule has 0 aromatic heterocycles. The number of hydroxylamine groups is 2. The summed E-state index contributed by atoms with van der Waals surface area (Å²) in [5.41, 5.74) is 1.05. The first-order chi connectivity index (χ1) is 11.6. The van der Waals surface area contributed by atoms with Crippen molar-refractivity contribution in [3.05, 3.63) is 23.8 Å². The number of carbonyl (C=O) groups is 1. The van der Waals surface area contributed by atoms with Crippen LogP contribution < -0.4 is 9.47 Å². The van der Waals surface area contributed by atoms with Gasteiger partial charge in [0, 0.05) is 26.6 Å². The van der Waals surface area contributed by atoms with Crippen molar-refractivity contribution in [2.75, 3.05) is 40.0 Å². The highest BCUT2D eigenvalue weighted by Crippen LogP contribution is 2.33. The number of fused-ring (bicyclic) bond motifs is 1. The van der Waals surface area contributed by atoms with Crippen molar-refractivity contribution in [3.63, 3.8) is 0 Å². The monoisotopic (exact) mass is 334 g/mol. The van der Waals surface area contributed by atoms with Gasteiger partial charge in [0.25, 0.3) is 0 Å². The zero-order valence-corrected chi connectivity index (χ0v) is 14.5. The summed E-state index contributed by atoms with van der Waals surface area (Å²) < 4.78 is 11.2. The van der Waals surface area contributed by atoms with E-state index in [2.05, 4.69) is 0 Å². The molecular weight excluding hydrogens is 308 g/mol. The second-order valence-corrected chi connectivity index (χ2v) is 6.30. The zero-order valence-electron chi connectivity index (χ0n) is 14.5. The molecule has 0 spiro atoms. The van der Waals surface area contributed by atoms with Gasteiger partial charge in [-0.1, -0.05) is 6.07 Å². The van der Waals surface area contributed by atoms with Crippen LogP contribution in [0.2, 0.25) is 0 Å². The topological polar surface area (TPSA) is 51.2 Å². The fourth-order valence-corrected chi connectivity index (χ4v) is 2.98. The van der Waals surface area contributed by atoms with Gasteiger partial charge in [0.2, 0.25) is 5.91 Å². The lowest BCUT2D eigenvalue weighted by molar-refractivity contribution is -0.182. The molecule has 1 atom stereocenters. The molecule has 1 amide bonds. The fourth-order valence-electron chi connectivity index (χ4n) is 2.98. The van der Waals surface area contributed by atoms with Gasteiger partial charge < -0.3 is 14.4 Å². The van der Waals surface area contributed by atoms with E-state index in [0.717, 1.165) is 43.1 Å². The van der Waals surface area contributed by atoms with Gasteiger partial charge >= 0.3 is 0 Å². The minimum absolute atomic E-state index is 0.0180. The van der Waals surface area contributed by atoms with Crippen LogP contribution in [0.1, 0.15) is 37.8 Å². The first-order valence-corrected chi connectivity index (χ1v) is 8.68. The van der Waals surface area contributed by atoms with Crippen LogP contribution in [-0.2, 0) is 9.63 Å². The van der Waals surface area contributed by atoms with Crippen LogP contribution in [0.5, 0.6) is 11.5 Å². The number of ether oxygens (including phenoxy) is 2. The Morgan fingerprint density at radius 2 is 2.00 bits per heavy atom. The van der Waals surface area contributed by atoms with Crippen LogP contribution in [0.25, 0.3) is 0 Å². The molecule has 0 unspecified atom stereocenters. The fraction of sp³-hybridized carbons (Fsp3) is 0.611. The van der Waals surface area contributed by atoms with Gasteiger partial charge in [0.1, 0.15) is 13.2 Å². The van der Waals surface area contributed by atoms with E-state index in [1.54, 1.807) is 4.90 Å². The van der Waals surface area contributed by atoms with E-state index in [9.17, 15) is 4.79 Å². The third-order valence-corrected chi connectivity index (χ3v) is 4.67. The highest BCUT2D eigenvalue weighted by atomic mass is 16.7. The van der Waals surface area contributed by atoms with Gasteiger partial charge in [-0.15, -0.1) is 0 Å². The van der Waals surface area contributed by atoms with Crippen molar-refractivity contribution in [2.24, 2.45) is 0 Å². The predicted octanol–water partition coefficient (Wildman–Crippen LogP) is 2.39. The van der Waals surface area contributed by atoms with Gasteiger partial charge in [-0.3, -0.25) is 9.63 Å². The maximum atomic E-state index is 12.5. The normalized spacial score (nSPS) is 18.9. The minimum atomic E-state index is -0.0180. The van der Waals surface area contributed by atoms with Crippen LogP contribution in [0.3, 0.4) is 0 Å². The van der Waals surface area contributed by atoms with Crippen LogP contribution in [-0.4, -0.2) is 55.8 Å². The molecule has 0 N–H and O–H groups in total. The maximum absolute atomic E-state index is 12.5. The van der Waals surface area contributed by atoms with Crippen molar-refractivity contribution in [3.8, 4) is 11.5 Å². The lowest BCUT2D eigenvalue weighted by Crippen LogP contribution is -2.36. The van der Waals surface area contributed by atoms with E-state index >= 15 is 0 Å². The average Bonchev–Trinajstić information content (AvgIpc) is 2.65. The van der Waals surface area contributed by atoms with Crippen molar-refractivity contribution in [1.82, 2.24) is 9.96 Å². The third kappa shape index (κ3) is 3.99. The molecule has 2 heterocycles. The summed E-state index contributed by atoms with van der Waals surface area (Å²) in [6, 6.07) is 5.86. The molecule has 2 aliphatic heterocycles. The molecule has 1 aromatic carbocycles. The highest BCUT2D eigenvalue weighted by molar-refractivity contribution is 5.76. The van der Waals surface area contributed by atoms with Gasteiger partial charge in [-0.2, -0.15) is 5.06 Å². The second-order valence-electron chi connectivity index (χ2n) is 6.30. The van der Waals surface area contributed by atoms with Gasteiger partial charge in [-0.05, 0) is 37.5 Å². The summed E-state index contributed by atoms with van der Waals surface area (Å²) in [7, 11) is 1.85. The number of benzene rings is 1. The lowest BCUT2D eigenvalue weighted by atomic mass is 10.1. The molecule has 2 aliphatic rings. The zero-order chi connectivity index (χ0) is 16.9. The third-order valence-electron chi connectivity index (χ3n) is 4.67. The Kier molecular flexibility index (Phi) is 5.58. The van der Waals surface area contributed by atoms with E-state index in [0.29, 0.717) is 26.2 Å². The Balaban J connectivity index is 1.57. The first-order valence-electron chi connectivity index (χ1n) is 8.68. The van der Waals surface area contributed by atoms with Crippen molar-refractivity contribution in [1.29, 1.82) is 0 Å². The molecule has 0 bridgehead atoms. The summed E-state index contributed by atoms with van der Waals surface area (Å²) in [4.78, 5) is 19.8. The van der Waals surface area contributed by atoms with E-state index in [1.165, 1.54) is 0 Å². The molecule has 1 saturated heterocycles. The van der Waals surface area contributed by atoms with Gasteiger partial charge in [0.05, 0.1) is 12.6 Å². The number of rotatable bonds is 5. The molecule has 0 aliphatic carbocycles. The Bertz CT molecular complexity index is 572. The first kappa shape index (κ1) is 17.0. The SMILES string of the molecule is C[C@H](c1ccc2c(c1)OCCO2)N(C)C(=O)CCN1CCCCO1. The van der Waals surface area contributed by atoms with E-state index in [4.69, 9.17) is 14.3 Å². The average molecular weight is 334 g/mol. The van der Waals surface area contributed by atoms with E-state index < -0.39 is 0 Å². The summed E-state index contributed by atoms with van der Waals surface area (Å²) >= 11 is 0. The van der Waals surface area contributed by atoms with Crippen LogP contribution in [0, 0.1) is 0 Å². The number of amides is 1. The number of hydrogen-bond donors (Lipinski definition) is 0. The molecule has 6 nitrogen and oxygen atoms in total. The van der Waals surface area contributed by atoms with Crippen LogP contribution in [0.15, 0.2) is 18.2 Å². The lowest BCUT2D eigenvalue weighted by Gasteiger charge is -2.29. The van der Waals surface area contributed by atoms with E-state index in [1.807, 2.05) is 37.2 Å². The Morgan fingerprint density at radius 1 is 1.21 bits per heavy atom. The molecule has 1 fully saturated rings. The summed E-state index contributed by atoms with van der Waals surface area (Å²) in [6.07, 6.45) is 2.70. The molecule has 3 rings (SSSR count). The second kappa shape index (κ2) is 7.85. The number of hydrogen-bond acceptors (Lipinski definition) is 5. The molecule has 1 aromatic rings. The smallest absolute Gasteiger partial charge is 0.224 e. The summed E-state index contributed by atoms with van der Waals surface area (Å²) in [6.45, 7) is 5.50. The van der Waals surface area contributed by atoms with Crippen molar-refractivity contribution >= 4 is 5.91 Å². The largest absolute Gasteiger partial charge is 0.486 e. The minimum Gasteiger partial charge on any atom is -0.486 e. The number of carbonyl (C=O) groups excluding carboxylic acids is 1. The Hall–Kier alpha value is -1.79. The summed E-state index contributed by atoms with van der Waals surface area (Å²) in [5.74, 6) is 1.65. The predicted molar refractivity (Wildman–Crippen MR) is 90.0 cm³/mol. The van der Waals surface area contributed by atoms with Crippen LogP contribution >= 0.6 is 0 Å². The van der Waals surface area contributed by atoms with Crippen molar-refractivity contribution in [2.45, 2.75) is 32.2 Å². The molecule has 132 valence electrons. The summed E-state index contributed by atoms with van der Waals surface area (Å²) in [5, 5.41) is 1.91. The van der Waals surface area contributed by atoms with Crippen LogP contribution in [0.4, 0.5) is 0 Å². The van der Waals surface area contributed by atoms with E-state index in [-0.39, 0.29) is 11.9 Å².